The molecule has 0 aromatic heterocycles. The second-order valence-electron chi connectivity index (χ2n) is 3.95. The Balaban J connectivity index is 2.48. The van der Waals surface area contributed by atoms with Crippen molar-refractivity contribution in [2.75, 3.05) is 0 Å². The van der Waals surface area contributed by atoms with Gasteiger partial charge in [0.15, 0.2) is 0 Å². The van der Waals surface area contributed by atoms with Gasteiger partial charge in [0.2, 0.25) is 5.91 Å². The van der Waals surface area contributed by atoms with E-state index in [0.29, 0.717) is 10.6 Å². The first-order valence-electron chi connectivity index (χ1n) is 5.49. The number of aliphatic imine (C=N–C) groups is 1. The van der Waals surface area contributed by atoms with E-state index >= 15 is 0 Å². The molecule has 1 N–H and O–H groups in total. The van der Waals surface area contributed by atoms with E-state index in [1.807, 2.05) is 6.92 Å². The number of hydrogen-bond donors (Lipinski definition) is 1. The summed E-state index contributed by atoms with van der Waals surface area (Å²) in [6, 6.07) is 2.08. The summed E-state index contributed by atoms with van der Waals surface area (Å²) in [5.74, 6) is -0.328. The van der Waals surface area contributed by atoms with Crippen molar-refractivity contribution in [2.45, 2.75) is 13.8 Å². The van der Waals surface area contributed by atoms with E-state index in [0.717, 1.165) is 21.1 Å². The normalized spacial score (nSPS) is 20.5. The van der Waals surface area contributed by atoms with Gasteiger partial charge in [-0.3, -0.25) is 10.0 Å². The Kier molecular flexibility index (Phi) is 3.69. The molecule has 2 aliphatic rings. The van der Waals surface area contributed by atoms with Crippen LogP contribution in [0.25, 0.3) is 0 Å². The van der Waals surface area contributed by atoms with E-state index in [4.69, 9.17) is 5.26 Å². The molecular weight excluding hydrogens is 262 g/mol. The lowest BCUT2D eigenvalue weighted by molar-refractivity contribution is -0.115. The maximum Gasteiger partial charge on any atom is 0.243 e. The summed E-state index contributed by atoms with van der Waals surface area (Å²) in [6.07, 6.45) is 6.47. The summed E-state index contributed by atoms with van der Waals surface area (Å²) in [6.45, 7) is 3.18. The van der Waals surface area contributed by atoms with Gasteiger partial charge in [0.25, 0.3) is 0 Å². The van der Waals surface area contributed by atoms with Gasteiger partial charge in [-0.1, -0.05) is 11.8 Å². The Morgan fingerprint density at radius 3 is 2.63 bits per heavy atom. The molecule has 0 radical (unpaired) electrons. The Morgan fingerprint density at radius 1 is 1.47 bits per heavy atom. The fraction of sp³-hybridized carbons (Fsp3) is 0.154. The molecule has 0 aromatic rings. The van der Waals surface area contributed by atoms with Crippen LogP contribution in [0.5, 0.6) is 0 Å². The van der Waals surface area contributed by atoms with Crippen molar-refractivity contribution < 1.29 is 10.0 Å². The largest absolute Gasteiger partial charge is 0.285 e. The standard InChI is InChI=1S/C13H11N3O2S/c1-8-11(7-14)13(15-9(2)17)19-12(8)10-3-5-16(18)6-4-10/h3-6,18H,1-2H3. The first-order valence-corrected chi connectivity index (χ1v) is 6.31. The van der Waals surface area contributed by atoms with Crippen LogP contribution in [0.1, 0.15) is 13.8 Å². The smallest absolute Gasteiger partial charge is 0.243 e. The van der Waals surface area contributed by atoms with Gasteiger partial charge in [0.05, 0.1) is 5.57 Å². The van der Waals surface area contributed by atoms with Crippen LogP contribution in [-0.2, 0) is 4.79 Å². The summed E-state index contributed by atoms with van der Waals surface area (Å²) in [5, 5.41) is 19.7. The molecule has 2 rings (SSSR count). The fourth-order valence-corrected chi connectivity index (χ4v) is 2.87. The Bertz CT molecular complexity index is 617. The Hall–Kier alpha value is -2.10. The molecule has 0 fully saturated rings. The molecule has 0 spiro atoms. The summed E-state index contributed by atoms with van der Waals surface area (Å²) in [4.78, 5) is 15.8. The summed E-state index contributed by atoms with van der Waals surface area (Å²) < 4.78 is 0. The lowest BCUT2D eigenvalue weighted by Crippen LogP contribution is -2.04. The monoisotopic (exact) mass is 273 g/mol. The molecule has 0 saturated heterocycles. The van der Waals surface area contributed by atoms with Crippen molar-refractivity contribution in [3.63, 3.8) is 0 Å². The second kappa shape index (κ2) is 5.26. The fourth-order valence-electron chi connectivity index (χ4n) is 1.70. The summed E-state index contributed by atoms with van der Waals surface area (Å²) >= 11 is 1.30. The third-order valence-electron chi connectivity index (χ3n) is 2.57. The van der Waals surface area contributed by atoms with Gasteiger partial charge in [0.1, 0.15) is 11.1 Å². The molecule has 2 aliphatic heterocycles. The van der Waals surface area contributed by atoms with E-state index in [1.54, 1.807) is 12.2 Å². The minimum Gasteiger partial charge on any atom is -0.285 e. The molecule has 1 amide bonds. The van der Waals surface area contributed by atoms with Crippen LogP contribution >= 0.6 is 11.8 Å². The molecule has 2 heterocycles. The highest BCUT2D eigenvalue weighted by atomic mass is 32.2. The highest BCUT2D eigenvalue weighted by molar-refractivity contribution is 8.18. The Labute approximate surface area is 114 Å². The number of carbonyl (C=O) groups excluding carboxylic acids is 1. The highest BCUT2D eigenvalue weighted by Gasteiger charge is 2.26. The molecule has 0 atom stereocenters. The van der Waals surface area contributed by atoms with Crippen molar-refractivity contribution in [3.05, 3.63) is 46.2 Å². The highest BCUT2D eigenvalue weighted by Crippen LogP contribution is 2.41. The van der Waals surface area contributed by atoms with Crippen molar-refractivity contribution in [2.24, 2.45) is 4.99 Å². The number of amides is 1. The molecule has 0 aliphatic carbocycles. The first-order chi connectivity index (χ1) is 9.02. The van der Waals surface area contributed by atoms with Crippen molar-refractivity contribution >= 4 is 22.7 Å². The van der Waals surface area contributed by atoms with Crippen LogP contribution in [-0.4, -0.2) is 21.2 Å². The van der Waals surface area contributed by atoms with Gasteiger partial charge < -0.3 is 0 Å². The van der Waals surface area contributed by atoms with Crippen LogP contribution in [0.15, 0.2) is 51.2 Å². The first kappa shape index (κ1) is 13.3. The van der Waals surface area contributed by atoms with Gasteiger partial charge in [0, 0.05) is 24.2 Å². The number of carbonyl (C=O) groups is 1. The van der Waals surface area contributed by atoms with Crippen LogP contribution in [0, 0.1) is 11.3 Å². The van der Waals surface area contributed by atoms with E-state index in [1.165, 1.54) is 31.1 Å². The Morgan fingerprint density at radius 2 is 2.11 bits per heavy atom. The lowest BCUT2D eigenvalue weighted by Gasteiger charge is -2.12. The third kappa shape index (κ3) is 2.67. The van der Waals surface area contributed by atoms with E-state index in [9.17, 15) is 10.0 Å². The third-order valence-corrected chi connectivity index (χ3v) is 3.81. The topological polar surface area (TPSA) is 76.7 Å². The number of nitrogens with zero attached hydrogens (tertiary/aromatic N) is 3. The van der Waals surface area contributed by atoms with Crippen LogP contribution in [0.3, 0.4) is 0 Å². The molecule has 0 unspecified atom stereocenters. The predicted octanol–water partition coefficient (Wildman–Crippen LogP) is 2.50. The molecule has 0 saturated carbocycles. The molecular formula is C13H11N3O2S. The molecule has 6 heteroatoms. The summed E-state index contributed by atoms with van der Waals surface area (Å²) in [5.41, 5.74) is 2.09. The molecule has 5 nitrogen and oxygen atoms in total. The zero-order chi connectivity index (χ0) is 14.0. The number of allylic oxidation sites excluding steroid dienone is 4. The zero-order valence-corrected chi connectivity index (χ0v) is 11.2. The number of nitriles is 1. The number of thioether (sulfide) groups is 1. The maximum atomic E-state index is 11.1. The number of hydroxylamine groups is 2. The van der Waals surface area contributed by atoms with E-state index in [2.05, 4.69) is 11.1 Å². The van der Waals surface area contributed by atoms with Crippen LogP contribution < -0.4 is 0 Å². The van der Waals surface area contributed by atoms with Gasteiger partial charge >= 0.3 is 0 Å². The van der Waals surface area contributed by atoms with Gasteiger partial charge in [-0.25, -0.2) is 10.1 Å². The lowest BCUT2D eigenvalue weighted by atomic mass is 10.1. The van der Waals surface area contributed by atoms with Crippen LogP contribution in [0.4, 0.5) is 0 Å². The van der Waals surface area contributed by atoms with Crippen molar-refractivity contribution in [3.8, 4) is 6.07 Å². The SMILES string of the molecule is CC(=O)N=C1SC(=C2C=CN(O)C=C2)C(C)=C1C#N. The molecule has 96 valence electrons. The second-order valence-corrected chi connectivity index (χ2v) is 4.94. The molecule has 0 aromatic carbocycles. The predicted molar refractivity (Wildman–Crippen MR) is 73.0 cm³/mol. The van der Waals surface area contributed by atoms with Crippen LogP contribution in [0.2, 0.25) is 0 Å². The minimum absolute atomic E-state index is 0.328. The van der Waals surface area contributed by atoms with Crippen molar-refractivity contribution in [1.82, 2.24) is 5.06 Å². The van der Waals surface area contributed by atoms with E-state index < -0.39 is 0 Å². The zero-order valence-electron chi connectivity index (χ0n) is 10.4. The van der Waals surface area contributed by atoms with Gasteiger partial charge in [-0.05, 0) is 30.2 Å². The average molecular weight is 273 g/mol. The molecule has 0 bridgehead atoms. The quantitative estimate of drug-likeness (QED) is 0.733. The minimum atomic E-state index is -0.328. The molecule has 19 heavy (non-hydrogen) atoms. The van der Waals surface area contributed by atoms with Crippen molar-refractivity contribution in [1.29, 1.82) is 5.26 Å². The maximum absolute atomic E-state index is 11.1. The number of hydrogen-bond acceptors (Lipinski definition) is 5. The average Bonchev–Trinajstić information content (AvgIpc) is 2.66. The number of rotatable bonds is 0. The van der Waals surface area contributed by atoms with Gasteiger partial charge in [-0.15, -0.1) is 0 Å². The summed E-state index contributed by atoms with van der Waals surface area (Å²) in [7, 11) is 0. The van der Waals surface area contributed by atoms with E-state index in [-0.39, 0.29) is 5.91 Å². The van der Waals surface area contributed by atoms with Gasteiger partial charge in [-0.2, -0.15) is 5.26 Å².